The van der Waals surface area contributed by atoms with Crippen LogP contribution < -0.4 is 19.5 Å². The number of nitrogens with one attached hydrogen (secondary N) is 1. The fraction of sp³-hybridized carbons (Fsp3) is 0.200. The van der Waals surface area contributed by atoms with Crippen molar-refractivity contribution in [3.63, 3.8) is 0 Å². The second-order valence-electron chi connectivity index (χ2n) is 6.11. The first-order valence-corrected chi connectivity index (χ1v) is 10.1. The molecule has 1 N–H and O–H groups in total. The van der Waals surface area contributed by atoms with Gasteiger partial charge in [0.25, 0.3) is 0 Å². The number of carbonyl (C=O) groups excluding carboxylic acids is 1. The van der Waals surface area contributed by atoms with E-state index in [-0.39, 0.29) is 5.91 Å². The molecule has 2 aromatic carbocycles. The Bertz CT molecular complexity index is 1090. The molecule has 0 aliphatic rings. The highest BCUT2D eigenvalue weighted by Gasteiger charge is 2.13. The van der Waals surface area contributed by atoms with Crippen LogP contribution in [0.1, 0.15) is 5.56 Å². The maximum absolute atomic E-state index is 12.6. The molecule has 0 saturated carbocycles. The van der Waals surface area contributed by atoms with Gasteiger partial charge in [-0.2, -0.15) is 0 Å². The van der Waals surface area contributed by atoms with Gasteiger partial charge in [0.1, 0.15) is 0 Å². The number of benzene rings is 2. The molecule has 0 bridgehead atoms. The average Bonchev–Trinajstić information content (AvgIpc) is 3.17. The number of nitrogens with zero attached hydrogens (tertiary/aromatic N) is 4. The van der Waals surface area contributed by atoms with Crippen LogP contribution in [-0.4, -0.2) is 47.4 Å². The molecule has 1 heterocycles. The van der Waals surface area contributed by atoms with E-state index < -0.39 is 0 Å². The molecule has 3 rings (SSSR count). The molecule has 0 spiro atoms. The molecule has 0 saturated heterocycles. The van der Waals surface area contributed by atoms with Gasteiger partial charge in [0.15, 0.2) is 11.5 Å². The Morgan fingerprint density at radius 1 is 1.13 bits per heavy atom. The molecule has 1 aromatic heterocycles. The van der Waals surface area contributed by atoms with E-state index in [9.17, 15) is 4.79 Å². The number of carbonyl (C=O) groups is 1. The fourth-order valence-electron chi connectivity index (χ4n) is 2.64. The van der Waals surface area contributed by atoms with Gasteiger partial charge in [-0.3, -0.25) is 4.79 Å². The van der Waals surface area contributed by atoms with Gasteiger partial charge in [-0.1, -0.05) is 11.6 Å². The standard InChI is InChI=1S/C20H20ClN5O4S/c1-26-20(23-24-25-26)31-17-7-6-13(21)11-14(17)22-18(27)8-5-12-9-15(28-2)19(30-4)16(10-12)29-3/h5-11H,1-4H3,(H,22,27). The number of hydrogen-bond acceptors (Lipinski definition) is 8. The normalized spacial score (nSPS) is 10.9. The van der Waals surface area contributed by atoms with E-state index in [1.807, 2.05) is 0 Å². The molecule has 9 nitrogen and oxygen atoms in total. The van der Waals surface area contributed by atoms with Crippen LogP contribution >= 0.6 is 23.4 Å². The smallest absolute Gasteiger partial charge is 0.248 e. The van der Waals surface area contributed by atoms with Gasteiger partial charge in [0.2, 0.25) is 16.8 Å². The summed E-state index contributed by atoms with van der Waals surface area (Å²) in [5.74, 6) is 1.12. The van der Waals surface area contributed by atoms with Crippen LogP contribution in [0, 0.1) is 0 Å². The predicted octanol–water partition coefficient (Wildman–Crippen LogP) is 3.69. The van der Waals surface area contributed by atoms with Crippen LogP contribution in [0.4, 0.5) is 5.69 Å². The van der Waals surface area contributed by atoms with Gasteiger partial charge in [0.05, 0.1) is 27.0 Å². The number of amides is 1. The molecular weight excluding hydrogens is 442 g/mol. The van der Waals surface area contributed by atoms with Crippen LogP contribution in [0.5, 0.6) is 17.2 Å². The second kappa shape index (κ2) is 10.2. The lowest BCUT2D eigenvalue weighted by atomic mass is 10.1. The summed E-state index contributed by atoms with van der Waals surface area (Å²) in [7, 11) is 6.32. The first-order chi connectivity index (χ1) is 14.9. The number of anilines is 1. The van der Waals surface area contributed by atoms with Crippen molar-refractivity contribution in [2.24, 2.45) is 7.05 Å². The highest BCUT2D eigenvalue weighted by atomic mass is 35.5. The number of methoxy groups -OCH3 is 3. The molecule has 0 unspecified atom stereocenters. The molecule has 0 aliphatic carbocycles. The van der Waals surface area contributed by atoms with Gasteiger partial charge >= 0.3 is 0 Å². The van der Waals surface area contributed by atoms with Crippen molar-refractivity contribution in [2.75, 3.05) is 26.6 Å². The van der Waals surface area contributed by atoms with Gasteiger partial charge < -0.3 is 19.5 Å². The highest BCUT2D eigenvalue weighted by molar-refractivity contribution is 7.99. The van der Waals surface area contributed by atoms with E-state index >= 15 is 0 Å². The molecule has 31 heavy (non-hydrogen) atoms. The number of aryl methyl sites for hydroxylation is 1. The Labute approximate surface area is 188 Å². The number of halogens is 1. The zero-order chi connectivity index (χ0) is 22.4. The second-order valence-corrected chi connectivity index (χ2v) is 7.55. The molecule has 3 aromatic rings. The van der Waals surface area contributed by atoms with Crippen molar-refractivity contribution in [3.8, 4) is 17.2 Å². The van der Waals surface area contributed by atoms with Crippen LogP contribution in [0.3, 0.4) is 0 Å². The first kappa shape index (κ1) is 22.4. The van der Waals surface area contributed by atoms with Gasteiger partial charge in [0, 0.05) is 23.0 Å². The van der Waals surface area contributed by atoms with E-state index in [0.717, 1.165) is 4.90 Å². The minimum absolute atomic E-state index is 0.339. The van der Waals surface area contributed by atoms with E-state index in [4.69, 9.17) is 25.8 Å². The van der Waals surface area contributed by atoms with Crippen molar-refractivity contribution in [1.29, 1.82) is 0 Å². The number of hydrogen-bond donors (Lipinski definition) is 1. The maximum atomic E-state index is 12.6. The Morgan fingerprint density at radius 3 is 2.42 bits per heavy atom. The predicted molar refractivity (Wildman–Crippen MR) is 118 cm³/mol. The van der Waals surface area contributed by atoms with E-state index in [0.29, 0.717) is 38.7 Å². The summed E-state index contributed by atoms with van der Waals surface area (Å²) in [6, 6.07) is 8.67. The summed E-state index contributed by atoms with van der Waals surface area (Å²) < 4.78 is 17.5. The van der Waals surface area contributed by atoms with Crippen molar-refractivity contribution in [1.82, 2.24) is 20.2 Å². The van der Waals surface area contributed by atoms with Gasteiger partial charge in [-0.05, 0) is 64.2 Å². The van der Waals surface area contributed by atoms with Crippen LogP contribution in [0.15, 0.2) is 46.5 Å². The summed E-state index contributed by atoms with van der Waals surface area (Å²) in [5.41, 5.74) is 1.25. The molecule has 1 amide bonds. The number of rotatable bonds is 8. The fourth-order valence-corrected chi connectivity index (χ4v) is 3.61. The Hall–Kier alpha value is -3.24. The largest absolute Gasteiger partial charge is 0.493 e. The maximum Gasteiger partial charge on any atom is 0.248 e. The Balaban J connectivity index is 1.80. The molecule has 0 aliphatic heterocycles. The quantitative estimate of drug-likeness (QED) is 0.507. The molecule has 0 atom stereocenters. The van der Waals surface area contributed by atoms with Gasteiger partial charge in [-0.25, -0.2) is 4.68 Å². The highest BCUT2D eigenvalue weighted by Crippen LogP contribution is 2.38. The topological polar surface area (TPSA) is 100 Å². The lowest BCUT2D eigenvalue weighted by Gasteiger charge is -2.13. The van der Waals surface area contributed by atoms with Crippen molar-refractivity contribution < 1.29 is 19.0 Å². The zero-order valence-electron chi connectivity index (χ0n) is 17.2. The molecule has 162 valence electrons. The monoisotopic (exact) mass is 461 g/mol. The number of tetrazole rings is 1. The third-order valence-electron chi connectivity index (χ3n) is 4.10. The summed E-state index contributed by atoms with van der Waals surface area (Å²) >= 11 is 7.43. The summed E-state index contributed by atoms with van der Waals surface area (Å²) in [6.45, 7) is 0. The Morgan fingerprint density at radius 2 is 1.84 bits per heavy atom. The van der Waals surface area contributed by atoms with E-state index in [2.05, 4.69) is 20.8 Å². The van der Waals surface area contributed by atoms with Crippen LogP contribution in [0.25, 0.3) is 6.08 Å². The summed E-state index contributed by atoms with van der Waals surface area (Å²) in [4.78, 5) is 13.3. The third-order valence-corrected chi connectivity index (χ3v) is 5.44. The Kier molecular flexibility index (Phi) is 7.37. The first-order valence-electron chi connectivity index (χ1n) is 8.94. The minimum Gasteiger partial charge on any atom is -0.493 e. The van der Waals surface area contributed by atoms with Crippen molar-refractivity contribution >= 4 is 41.0 Å². The molecular formula is C20H20ClN5O4S. The number of aromatic nitrogens is 4. The number of ether oxygens (including phenoxy) is 3. The van der Waals surface area contributed by atoms with Gasteiger partial charge in [-0.15, -0.1) is 5.10 Å². The lowest BCUT2D eigenvalue weighted by Crippen LogP contribution is -2.09. The third kappa shape index (κ3) is 5.47. The van der Waals surface area contributed by atoms with Crippen LogP contribution in [0.2, 0.25) is 5.02 Å². The average molecular weight is 462 g/mol. The van der Waals surface area contributed by atoms with Crippen LogP contribution in [-0.2, 0) is 11.8 Å². The SMILES string of the molecule is COc1cc(C=CC(=O)Nc2cc(Cl)ccc2Sc2nnnn2C)cc(OC)c1OC. The summed E-state index contributed by atoms with van der Waals surface area (Å²) in [5, 5.41) is 15.3. The lowest BCUT2D eigenvalue weighted by molar-refractivity contribution is -0.111. The molecule has 0 fully saturated rings. The summed E-state index contributed by atoms with van der Waals surface area (Å²) in [6.07, 6.45) is 3.05. The minimum atomic E-state index is -0.339. The van der Waals surface area contributed by atoms with Crippen molar-refractivity contribution in [2.45, 2.75) is 10.1 Å². The molecule has 11 heteroatoms. The molecule has 0 radical (unpaired) electrons. The van der Waals surface area contributed by atoms with E-state index in [1.165, 1.54) is 43.8 Å². The zero-order valence-corrected chi connectivity index (χ0v) is 18.8. The van der Waals surface area contributed by atoms with Crippen molar-refractivity contribution in [3.05, 3.63) is 47.0 Å². The van der Waals surface area contributed by atoms with E-state index in [1.54, 1.807) is 43.5 Å².